The van der Waals surface area contributed by atoms with Crippen LogP contribution in [0, 0.1) is 11.8 Å². The predicted molar refractivity (Wildman–Crippen MR) is 76.8 cm³/mol. The number of carbonyl (C=O) groups excluding carboxylic acids is 1. The number of carbonyl (C=O) groups is 1. The fraction of sp³-hybridized carbons (Fsp3) is 0.923. The van der Waals surface area contributed by atoms with Gasteiger partial charge in [0.2, 0.25) is 0 Å². The molecule has 0 aromatic heterocycles. The molecule has 0 saturated heterocycles. The lowest BCUT2D eigenvalue weighted by atomic mass is 10.0. The molecular weight excluding hydrogens is 266 g/mol. The van der Waals surface area contributed by atoms with Crippen LogP contribution in [0.1, 0.15) is 27.2 Å². The number of methoxy groups -OCH3 is 1. The third-order valence-corrected chi connectivity index (χ3v) is 4.96. The highest BCUT2D eigenvalue weighted by Gasteiger charge is 2.27. The molecule has 0 aliphatic heterocycles. The van der Waals surface area contributed by atoms with Gasteiger partial charge in [-0.05, 0) is 18.3 Å². The summed E-state index contributed by atoms with van der Waals surface area (Å²) in [5, 5.41) is 0. The lowest BCUT2D eigenvalue weighted by Crippen LogP contribution is -2.39. The second-order valence-corrected chi connectivity index (χ2v) is 7.89. The van der Waals surface area contributed by atoms with Crippen molar-refractivity contribution in [2.45, 2.75) is 33.3 Å². The van der Waals surface area contributed by atoms with Gasteiger partial charge in [-0.2, -0.15) is 0 Å². The summed E-state index contributed by atoms with van der Waals surface area (Å²) in [4.78, 5) is 13.3. The Bertz CT molecular complexity index is 376. The van der Waals surface area contributed by atoms with Crippen LogP contribution in [0.15, 0.2) is 0 Å². The van der Waals surface area contributed by atoms with Gasteiger partial charge in [0.05, 0.1) is 11.5 Å². The largest absolute Gasteiger partial charge is 0.371 e. The van der Waals surface area contributed by atoms with Gasteiger partial charge >= 0.3 is 0 Å². The maximum absolute atomic E-state index is 11.9. The van der Waals surface area contributed by atoms with Crippen molar-refractivity contribution < 1.29 is 17.9 Å². The second-order valence-electron chi connectivity index (χ2n) is 5.66. The molecule has 0 fully saturated rings. The average molecular weight is 293 g/mol. The monoisotopic (exact) mass is 293 g/mol. The Balaban J connectivity index is 4.52. The van der Waals surface area contributed by atoms with Crippen LogP contribution in [-0.4, -0.2) is 58.0 Å². The fourth-order valence-corrected chi connectivity index (χ4v) is 3.85. The fourth-order valence-electron chi connectivity index (χ4n) is 1.94. The quantitative estimate of drug-likeness (QED) is 0.674. The molecule has 0 bridgehead atoms. The molecule has 0 saturated carbocycles. The maximum Gasteiger partial charge on any atom is 0.251 e. The van der Waals surface area contributed by atoms with E-state index in [1.165, 1.54) is 12.0 Å². The van der Waals surface area contributed by atoms with E-state index in [-0.39, 0.29) is 29.2 Å². The third-order valence-electron chi connectivity index (χ3n) is 2.93. The van der Waals surface area contributed by atoms with Crippen LogP contribution in [0.5, 0.6) is 0 Å². The highest BCUT2D eigenvalue weighted by Crippen LogP contribution is 2.15. The molecule has 1 amide bonds. The molecule has 0 rings (SSSR count). The van der Waals surface area contributed by atoms with E-state index in [0.717, 1.165) is 0 Å². The van der Waals surface area contributed by atoms with Crippen molar-refractivity contribution in [2.75, 3.05) is 32.7 Å². The number of hydrogen-bond donors (Lipinski definition) is 0. The lowest BCUT2D eigenvalue weighted by molar-refractivity contribution is -0.142. The summed E-state index contributed by atoms with van der Waals surface area (Å²) in [7, 11) is 1.76. The van der Waals surface area contributed by atoms with E-state index in [1.807, 2.05) is 20.8 Å². The molecule has 0 N–H and O–H groups in total. The summed E-state index contributed by atoms with van der Waals surface area (Å²) < 4.78 is 28.8. The number of likely N-dealkylation sites (N-methyl/N-ethyl adjacent to an activating group) is 1. The van der Waals surface area contributed by atoms with Crippen LogP contribution in [-0.2, 0) is 19.4 Å². The Kier molecular flexibility index (Phi) is 7.59. The molecular formula is C13H27NO4S. The van der Waals surface area contributed by atoms with E-state index >= 15 is 0 Å². The van der Waals surface area contributed by atoms with Gasteiger partial charge in [-0.1, -0.05) is 20.8 Å². The van der Waals surface area contributed by atoms with Crippen molar-refractivity contribution in [3.05, 3.63) is 0 Å². The Morgan fingerprint density at radius 1 is 1.21 bits per heavy atom. The predicted octanol–water partition coefficient (Wildman–Crippen LogP) is 1.19. The minimum absolute atomic E-state index is 0.104. The van der Waals surface area contributed by atoms with Crippen LogP contribution in [0.3, 0.4) is 0 Å². The Hall–Kier alpha value is -0.620. The second kappa shape index (κ2) is 7.85. The van der Waals surface area contributed by atoms with Crippen LogP contribution < -0.4 is 0 Å². The van der Waals surface area contributed by atoms with Gasteiger partial charge in [0, 0.05) is 21.2 Å². The van der Waals surface area contributed by atoms with Gasteiger partial charge < -0.3 is 9.64 Å². The molecule has 0 aliphatic carbocycles. The molecule has 2 atom stereocenters. The van der Waals surface area contributed by atoms with Crippen molar-refractivity contribution in [1.29, 1.82) is 0 Å². The van der Waals surface area contributed by atoms with Crippen LogP contribution in [0.25, 0.3) is 0 Å². The van der Waals surface area contributed by atoms with E-state index in [0.29, 0.717) is 6.42 Å². The zero-order valence-electron chi connectivity index (χ0n) is 12.8. The minimum atomic E-state index is -3.04. The summed E-state index contributed by atoms with van der Waals surface area (Å²) in [6, 6.07) is 0. The van der Waals surface area contributed by atoms with Gasteiger partial charge in [0.15, 0.2) is 9.84 Å². The Morgan fingerprint density at radius 2 is 1.74 bits per heavy atom. The van der Waals surface area contributed by atoms with Gasteiger partial charge in [0.1, 0.15) is 6.10 Å². The lowest BCUT2D eigenvalue weighted by Gasteiger charge is -2.24. The molecule has 0 aromatic rings. The van der Waals surface area contributed by atoms with E-state index < -0.39 is 15.9 Å². The maximum atomic E-state index is 11.9. The number of hydrogen-bond acceptors (Lipinski definition) is 4. The number of ether oxygens (including phenoxy) is 1. The first kappa shape index (κ1) is 18.4. The first-order chi connectivity index (χ1) is 8.60. The topological polar surface area (TPSA) is 63.7 Å². The van der Waals surface area contributed by atoms with E-state index in [9.17, 15) is 13.2 Å². The van der Waals surface area contributed by atoms with Crippen molar-refractivity contribution >= 4 is 15.7 Å². The number of sulfone groups is 1. The SMILES string of the molecule is COC(C(=O)N(C)C)C(C)CCS(=O)(=O)CC(C)C. The zero-order chi connectivity index (χ0) is 15.2. The normalized spacial score (nSPS) is 15.3. The van der Waals surface area contributed by atoms with Crippen LogP contribution in [0.2, 0.25) is 0 Å². The van der Waals surface area contributed by atoms with Crippen molar-refractivity contribution in [1.82, 2.24) is 4.90 Å². The standard InChI is InChI=1S/C13H27NO4S/c1-10(2)9-19(16,17)8-7-11(3)12(18-6)13(15)14(4)5/h10-12H,7-9H2,1-6H3. The molecule has 0 aliphatic rings. The molecule has 6 heteroatoms. The number of amides is 1. The Morgan fingerprint density at radius 3 is 2.11 bits per heavy atom. The molecule has 114 valence electrons. The number of rotatable bonds is 8. The zero-order valence-corrected chi connectivity index (χ0v) is 13.7. The first-order valence-corrected chi connectivity index (χ1v) is 8.37. The smallest absolute Gasteiger partial charge is 0.251 e. The van der Waals surface area contributed by atoms with E-state index in [4.69, 9.17) is 4.74 Å². The molecule has 0 radical (unpaired) electrons. The summed E-state index contributed by atoms with van der Waals surface area (Å²) >= 11 is 0. The van der Waals surface area contributed by atoms with Crippen molar-refractivity contribution in [3.63, 3.8) is 0 Å². The highest BCUT2D eigenvalue weighted by atomic mass is 32.2. The van der Waals surface area contributed by atoms with Crippen LogP contribution in [0.4, 0.5) is 0 Å². The summed E-state index contributed by atoms with van der Waals surface area (Å²) in [6.07, 6.45) is -0.142. The summed E-state index contributed by atoms with van der Waals surface area (Å²) in [5.41, 5.74) is 0. The van der Waals surface area contributed by atoms with Crippen molar-refractivity contribution in [2.24, 2.45) is 11.8 Å². The van der Waals surface area contributed by atoms with Gasteiger partial charge in [-0.3, -0.25) is 4.79 Å². The summed E-state index contributed by atoms with van der Waals surface area (Å²) in [5.74, 6) is 0.173. The van der Waals surface area contributed by atoms with E-state index in [1.54, 1.807) is 14.1 Å². The van der Waals surface area contributed by atoms with Crippen LogP contribution >= 0.6 is 0 Å². The highest BCUT2D eigenvalue weighted by molar-refractivity contribution is 7.91. The summed E-state index contributed by atoms with van der Waals surface area (Å²) in [6.45, 7) is 5.61. The molecule has 2 unspecified atom stereocenters. The Labute approximate surface area is 117 Å². The molecule has 19 heavy (non-hydrogen) atoms. The van der Waals surface area contributed by atoms with Gasteiger partial charge in [-0.15, -0.1) is 0 Å². The van der Waals surface area contributed by atoms with Gasteiger partial charge in [-0.25, -0.2) is 8.42 Å². The molecule has 0 heterocycles. The molecule has 5 nitrogen and oxygen atoms in total. The first-order valence-electron chi connectivity index (χ1n) is 6.55. The average Bonchev–Trinajstić information content (AvgIpc) is 2.25. The van der Waals surface area contributed by atoms with Gasteiger partial charge in [0.25, 0.3) is 5.91 Å². The molecule has 0 spiro atoms. The number of nitrogens with zero attached hydrogens (tertiary/aromatic N) is 1. The third kappa shape index (κ3) is 6.92. The van der Waals surface area contributed by atoms with Crippen molar-refractivity contribution in [3.8, 4) is 0 Å². The van der Waals surface area contributed by atoms with E-state index in [2.05, 4.69) is 0 Å². The molecule has 0 aromatic carbocycles. The minimum Gasteiger partial charge on any atom is -0.371 e.